The minimum atomic E-state index is -0.824. The molecule has 1 N–H and O–H groups in total. The van der Waals surface area contributed by atoms with Crippen molar-refractivity contribution in [1.82, 2.24) is 19.4 Å². The number of hydrogen-bond donors (Lipinski definition) is 1. The largest absolute Gasteiger partial charge is 0.444 e. The molecule has 9 nitrogen and oxygen atoms in total. The molecule has 1 amide bonds. The van der Waals surface area contributed by atoms with Gasteiger partial charge >= 0.3 is 11.8 Å². The van der Waals surface area contributed by atoms with E-state index in [0.717, 1.165) is 29.7 Å². The lowest BCUT2D eigenvalue weighted by molar-refractivity contribution is 0.0497. The number of aromatic nitrogens is 2. The number of benzene rings is 3. The van der Waals surface area contributed by atoms with Gasteiger partial charge in [-0.15, -0.1) is 0 Å². The molecule has 0 unspecified atom stereocenters. The van der Waals surface area contributed by atoms with Crippen LogP contribution in [0.4, 0.5) is 19.3 Å². The summed E-state index contributed by atoms with van der Waals surface area (Å²) in [7, 11) is 0. The number of nitrogens with one attached hydrogen (secondary N) is 1. The number of rotatable bonds is 10. The number of piperazine rings is 1. The van der Waals surface area contributed by atoms with Crippen LogP contribution in [0.5, 0.6) is 0 Å². The predicted octanol–water partition coefficient (Wildman–Crippen LogP) is 5.28. The molecule has 1 saturated heterocycles. The van der Waals surface area contributed by atoms with Crippen molar-refractivity contribution in [3.63, 3.8) is 0 Å². The molecule has 1 aliphatic heterocycles. The summed E-state index contributed by atoms with van der Waals surface area (Å²) in [5, 5.41) is 2.82. The predicted molar refractivity (Wildman–Crippen MR) is 183 cm³/mol. The Kier molecular flexibility index (Phi) is 10.8. The van der Waals surface area contributed by atoms with E-state index < -0.39 is 47.2 Å². The van der Waals surface area contributed by atoms with Gasteiger partial charge in [-0.2, -0.15) is 0 Å². The van der Waals surface area contributed by atoms with Crippen LogP contribution in [-0.2, 0) is 24.2 Å². The third kappa shape index (κ3) is 8.38. The van der Waals surface area contributed by atoms with E-state index in [4.69, 9.17) is 4.74 Å². The molecule has 0 aliphatic carbocycles. The first-order valence-electron chi connectivity index (χ1n) is 16.2. The Hall–Kier alpha value is -4.77. The first-order chi connectivity index (χ1) is 22.9. The minimum Gasteiger partial charge on any atom is -0.444 e. The third-order valence-electron chi connectivity index (χ3n) is 8.54. The second kappa shape index (κ2) is 15.0. The SMILES string of the molecule is Cc1c(N2CCN(CCc3ccccc3)CC2)c(=O)n(C[C@H](NC(=O)OC(C)(C)C)c2ccccc2)c(=O)n1Cc1c(F)cccc1F. The maximum atomic E-state index is 14.9. The molecule has 4 aromatic rings. The van der Waals surface area contributed by atoms with Crippen molar-refractivity contribution >= 4 is 11.8 Å². The van der Waals surface area contributed by atoms with Crippen molar-refractivity contribution in [3.05, 3.63) is 134 Å². The molecule has 254 valence electrons. The summed E-state index contributed by atoms with van der Waals surface area (Å²) in [5.74, 6) is -1.58. The van der Waals surface area contributed by atoms with E-state index in [1.807, 2.05) is 29.2 Å². The molecular formula is C37H43F2N5O4. The van der Waals surface area contributed by atoms with E-state index in [1.54, 1.807) is 52.0 Å². The monoisotopic (exact) mass is 659 g/mol. The molecule has 48 heavy (non-hydrogen) atoms. The summed E-state index contributed by atoms with van der Waals surface area (Å²) >= 11 is 0. The van der Waals surface area contributed by atoms with E-state index in [0.29, 0.717) is 37.4 Å². The average Bonchev–Trinajstić information content (AvgIpc) is 3.05. The highest BCUT2D eigenvalue weighted by Crippen LogP contribution is 2.21. The highest BCUT2D eigenvalue weighted by Gasteiger charge is 2.28. The highest BCUT2D eigenvalue weighted by atomic mass is 19.1. The summed E-state index contributed by atoms with van der Waals surface area (Å²) in [5.41, 5.74) is 0.172. The number of amides is 1. The average molecular weight is 660 g/mol. The van der Waals surface area contributed by atoms with Crippen LogP contribution >= 0.6 is 0 Å². The first kappa shape index (κ1) is 34.6. The van der Waals surface area contributed by atoms with Gasteiger partial charge in [0.1, 0.15) is 22.9 Å². The summed E-state index contributed by atoms with van der Waals surface area (Å²) in [6, 6.07) is 21.9. The van der Waals surface area contributed by atoms with Crippen LogP contribution in [0.3, 0.4) is 0 Å². The van der Waals surface area contributed by atoms with Crippen LogP contribution in [0.25, 0.3) is 0 Å². The number of anilines is 1. The number of carbonyl (C=O) groups is 1. The summed E-state index contributed by atoms with van der Waals surface area (Å²) in [6.45, 7) is 9.51. The molecule has 2 heterocycles. The van der Waals surface area contributed by atoms with Gasteiger partial charge in [0.15, 0.2) is 0 Å². The zero-order valence-electron chi connectivity index (χ0n) is 27.9. The molecule has 1 aliphatic rings. The quantitative estimate of drug-likeness (QED) is 0.250. The van der Waals surface area contributed by atoms with Crippen molar-refractivity contribution < 1.29 is 18.3 Å². The second-order valence-electron chi connectivity index (χ2n) is 13.1. The van der Waals surface area contributed by atoms with Gasteiger partial charge in [0.05, 0.1) is 19.1 Å². The third-order valence-corrected chi connectivity index (χ3v) is 8.54. The summed E-state index contributed by atoms with van der Waals surface area (Å²) in [4.78, 5) is 45.7. The first-order valence-corrected chi connectivity index (χ1v) is 16.2. The lowest BCUT2D eigenvalue weighted by atomic mass is 10.1. The molecule has 0 saturated carbocycles. The van der Waals surface area contributed by atoms with Crippen LogP contribution in [0.2, 0.25) is 0 Å². The molecule has 1 fully saturated rings. The molecular weight excluding hydrogens is 616 g/mol. The van der Waals surface area contributed by atoms with Crippen LogP contribution in [0.1, 0.15) is 49.2 Å². The van der Waals surface area contributed by atoms with E-state index in [2.05, 4.69) is 22.3 Å². The smallest absolute Gasteiger partial charge is 0.408 e. The highest BCUT2D eigenvalue weighted by molar-refractivity contribution is 5.68. The Balaban J connectivity index is 1.51. The molecule has 0 radical (unpaired) electrons. The van der Waals surface area contributed by atoms with Gasteiger partial charge in [-0.05, 0) is 57.4 Å². The Morgan fingerprint density at radius 1 is 0.854 bits per heavy atom. The lowest BCUT2D eigenvalue weighted by Gasteiger charge is -2.37. The van der Waals surface area contributed by atoms with Crippen LogP contribution in [0.15, 0.2) is 88.5 Å². The molecule has 0 spiro atoms. The number of ether oxygens (including phenoxy) is 1. The zero-order chi connectivity index (χ0) is 34.4. The number of hydrogen-bond acceptors (Lipinski definition) is 6. The molecule has 5 rings (SSSR count). The Morgan fingerprint density at radius 3 is 2.06 bits per heavy atom. The van der Waals surface area contributed by atoms with Crippen molar-refractivity contribution in [2.24, 2.45) is 0 Å². The van der Waals surface area contributed by atoms with Gasteiger partial charge < -0.3 is 15.0 Å². The number of carbonyl (C=O) groups excluding carboxylic acids is 1. The van der Waals surface area contributed by atoms with E-state index in [9.17, 15) is 23.2 Å². The minimum absolute atomic E-state index is 0.231. The van der Waals surface area contributed by atoms with E-state index in [1.165, 1.54) is 16.2 Å². The van der Waals surface area contributed by atoms with Gasteiger partial charge in [0.2, 0.25) is 0 Å². The fourth-order valence-electron chi connectivity index (χ4n) is 6.02. The fourth-order valence-corrected chi connectivity index (χ4v) is 6.02. The number of alkyl carbamates (subject to hydrolysis) is 1. The topological polar surface area (TPSA) is 88.8 Å². The van der Waals surface area contributed by atoms with Crippen molar-refractivity contribution in [2.75, 3.05) is 37.6 Å². The van der Waals surface area contributed by atoms with E-state index >= 15 is 0 Å². The second-order valence-corrected chi connectivity index (χ2v) is 13.1. The molecule has 0 bridgehead atoms. The Bertz CT molecular complexity index is 1810. The van der Waals surface area contributed by atoms with E-state index in [-0.39, 0.29) is 17.8 Å². The zero-order valence-corrected chi connectivity index (χ0v) is 27.9. The van der Waals surface area contributed by atoms with Crippen molar-refractivity contribution in [2.45, 2.75) is 58.8 Å². The summed E-state index contributed by atoms with van der Waals surface area (Å²) < 4.78 is 37.6. The standard InChI is InChI=1S/C37H43F2N5O4/c1-26-33(42-22-20-41(21-23-42)19-18-27-12-7-5-8-13-27)34(45)44(36(47)43(26)24-29-30(38)16-11-17-31(29)39)25-32(28-14-9-6-10-15-28)40-35(46)48-37(2,3)4/h5-17,32H,18-25H2,1-4H3,(H,40,46)/t32-/m0/s1. The molecule has 11 heteroatoms. The molecule has 3 aromatic carbocycles. The van der Waals surface area contributed by atoms with Gasteiger partial charge in [0, 0.05) is 44.0 Å². The fraction of sp³-hybridized carbons (Fsp3) is 0.378. The molecule has 1 aromatic heterocycles. The molecule has 1 atom stereocenters. The normalized spacial score (nSPS) is 14.5. The van der Waals surface area contributed by atoms with Gasteiger partial charge in [-0.3, -0.25) is 18.8 Å². The number of nitrogens with zero attached hydrogens (tertiary/aromatic N) is 4. The van der Waals surface area contributed by atoms with Crippen LogP contribution < -0.4 is 21.5 Å². The van der Waals surface area contributed by atoms with Gasteiger partial charge in [0.25, 0.3) is 5.56 Å². The number of halogens is 2. The van der Waals surface area contributed by atoms with Crippen LogP contribution in [-0.4, -0.2) is 58.5 Å². The lowest BCUT2D eigenvalue weighted by Crippen LogP contribution is -2.52. The van der Waals surface area contributed by atoms with Crippen molar-refractivity contribution in [3.8, 4) is 0 Å². The van der Waals surface area contributed by atoms with Crippen molar-refractivity contribution in [1.29, 1.82) is 0 Å². The summed E-state index contributed by atoms with van der Waals surface area (Å²) in [6.07, 6.45) is 0.189. The Morgan fingerprint density at radius 2 is 1.46 bits per heavy atom. The Labute approximate surface area is 279 Å². The van der Waals surface area contributed by atoms with Gasteiger partial charge in [-0.25, -0.2) is 18.4 Å². The van der Waals surface area contributed by atoms with Crippen LogP contribution in [0, 0.1) is 18.6 Å². The van der Waals surface area contributed by atoms with Gasteiger partial charge in [-0.1, -0.05) is 66.7 Å². The maximum absolute atomic E-state index is 14.9. The maximum Gasteiger partial charge on any atom is 0.408 e.